The zero-order chi connectivity index (χ0) is 14.7. The first-order valence-electron chi connectivity index (χ1n) is 6.57. The first-order valence-corrected chi connectivity index (χ1v) is 6.57. The predicted molar refractivity (Wildman–Crippen MR) is 81.1 cm³/mol. The van der Waals surface area contributed by atoms with E-state index in [2.05, 4.69) is 13.2 Å². The van der Waals surface area contributed by atoms with Crippen LogP contribution in [0.1, 0.15) is 32.3 Å². The Bertz CT molecular complexity index is 383. The van der Waals surface area contributed by atoms with E-state index in [1.807, 2.05) is 44.2 Å². The molecule has 19 heavy (non-hydrogen) atoms. The molecule has 104 valence electrons. The molecule has 0 spiro atoms. The first-order chi connectivity index (χ1) is 9.21. The highest BCUT2D eigenvalue weighted by Crippen LogP contribution is 2.34. The van der Waals surface area contributed by atoms with Gasteiger partial charge >= 0.3 is 5.97 Å². The fraction of sp³-hybridized carbons (Fsp3) is 0.353. The molecule has 0 aliphatic carbocycles. The highest BCUT2D eigenvalue weighted by Gasteiger charge is 2.38. The Morgan fingerprint density at radius 1 is 1.16 bits per heavy atom. The van der Waals surface area contributed by atoms with Gasteiger partial charge in [0.2, 0.25) is 0 Å². The number of ether oxygens (including phenoxy) is 1. The number of allylic oxidation sites excluding steroid dienone is 2. The Labute approximate surface area is 116 Å². The van der Waals surface area contributed by atoms with Gasteiger partial charge in [-0.3, -0.25) is 4.79 Å². The molecule has 0 heterocycles. The van der Waals surface area contributed by atoms with Crippen LogP contribution in [0.2, 0.25) is 0 Å². The molecule has 0 amide bonds. The van der Waals surface area contributed by atoms with Gasteiger partial charge in [0.25, 0.3) is 0 Å². The summed E-state index contributed by atoms with van der Waals surface area (Å²) in [7, 11) is 1.41. The van der Waals surface area contributed by atoms with Crippen molar-refractivity contribution in [2.24, 2.45) is 0 Å². The molecule has 0 saturated carbocycles. The Kier molecular flexibility index (Phi) is 8.27. The van der Waals surface area contributed by atoms with E-state index < -0.39 is 5.41 Å². The van der Waals surface area contributed by atoms with Crippen LogP contribution < -0.4 is 0 Å². The fourth-order valence-electron chi connectivity index (χ4n) is 2.05. The van der Waals surface area contributed by atoms with Crippen molar-refractivity contribution in [3.8, 4) is 0 Å². The smallest absolute Gasteiger partial charge is 0.316 e. The lowest BCUT2D eigenvalue weighted by Gasteiger charge is -2.29. The van der Waals surface area contributed by atoms with Gasteiger partial charge < -0.3 is 4.74 Å². The molecule has 0 atom stereocenters. The zero-order valence-corrected chi connectivity index (χ0v) is 12.2. The maximum atomic E-state index is 12.1. The quantitative estimate of drug-likeness (QED) is 0.564. The minimum absolute atomic E-state index is 0.247. The van der Waals surface area contributed by atoms with Crippen LogP contribution in [0, 0.1) is 0 Å². The minimum atomic E-state index is -0.695. The number of carbonyl (C=O) groups excluding carboxylic acids is 1. The maximum absolute atomic E-state index is 12.1. The number of rotatable bonds is 6. The van der Waals surface area contributed by atoms with Crippen LogP contribution >= 0.6 is 0 Å². The van der Waals surface area contributed by atoms with Crippen LogP contribution in [-0.2, 0) is 14.9 Å². The van der Waals surface area contributed by atoms with Crippen molar-refractivity contribution in [3.05, 3.63) is 61.2 Å². The van der Waals surface area contributed by atoms with Crippen molar-refractivity contribution in [1.82, 2.24) is 0 Å². The highest BCUT2D eigenvalue weighted by molar-refractivity contribution is 5.83. The lowest BCUT2D eigenvalue weighted by molar-refractivity contribution is -0.147. The van der Waals surface area contributed by atoms with Gasteiger partial charge in [-0.25, -0.2) is 0 Å². The molecule has 0 aromatic heterocycles. The second-order valence-electron chi connectivity index (χ2n) is 3.93. The highest BCUT2D eigenvalue weighted by atomic mass is 16.5. The van der Waals surface area contributed by atoms with Gasteiger partial charge in [0, 0.05) is 0 Å². The van der Waals surface area contributed by atoms with Gasteiger partial charge in [-0.1, -0.05) is 56.3 Å². The summed E-state index contributed by atoms with van der Waals surface area (Å²) >= 11 is 0. The molecule has 2 heteroatoms. The SMILES string of the molecule is C=CCC(CC=C)(C(=O)OC)c1ccccc1.CC. The van der Waals surface area contributed by atoms with Gasteiger partial charge in [-0.15, -0.1) is 13.2 Å². The number of methoxy groups -OCH3 is 1. The summed E-state index contributed by atoms with van der Waals surface area (Å²) in [5, 5.41) is 0. The standard InChI is InChI=1S/C15H18O2.C2H6/c1-4-11-15(12-5-2,14(16)17-3)13-9-7-6-8-10-13;1-2/h4-10H,1-2,11-12H2,3H3;1-2H3. The molecule has 0 N–H and O–H groups in total. The number of esters is 1. The summed E-state index contributed by atoms with van der Waals surface area (Å²) in [5.74, 6) is -0.247. The Hall–Kier alpha value is -1.83. The summed E-state index contributed by atoms with van der Waals surface area (Å²) in [5.41, 5.74) is 0.242. The molecule has 0 aliphatic heterocycles. The summed E-state index contributed by atoms with van der Waals surface area (Å²) in [6, 6.07) is 9.62. The van der Waals surface area contributed by atoms with Crippen molar-refractivity contribution in [2.75, 3.05) is 7.11 Å². The van der Waals surface area contributed by atoms with Crippen LogP contribution in [0.15, 0.2) is 55.6 Å². The van der Waals surface area contributed by atoms with Crippen LogP contribution in [0.4, 0.5) is 0 Å². The molecule has 0 radical (unpaired) electrons. The van der Waals surface area contributed by atoms with Crippen molar-refractivity contribution in [2.45, 2.75) is 32.1 Å². The molecule has 1 aromatic rings. The molecule has 0 saturated heterocycles. The van der Waals surface area contributed by atoms with E-state index in [-0.39, 0.29) is 5.97 Å². The average Bonchev–Trinajstić information content (AvgIpc) is 2.49. The summed E-state index contributed by atoms with van der Waals surface area (Å²) in [4.78, 5) is 12.1. The number of carbonyl (C=O) groups is 1. The topological polar surface area (TPSA) is 26.3 Å². The largest absolute Gasteiger partial charge is 0.468 e. The second-order valence-corrected chi connectivity index (χ2v) is 3.93. The van der Waals surface area contributed by atoms with Crippen LogP contribution in [-0.4, -0.2) is 13.1 Å². The van der Waals surface area contributed by atoms with Gasteiger partial charge in [-0.05, 0) is 18.4 Å². The maximum Gasteiger partial charge on any atom is 0.316 e. The molecular formula is C17H24O2. The van der Waals surface area contributed by atoms with E-state index in [0.717, 1.165) is 5.56 Å². The van der Waals surface area contributed by atoms with Crippen molar-refractivity contribution in [3.63, 3.8) is 0 Å². The van der Waals surface area contributed by atoms with Gasteiger partial charge in [0.05, 0.1) is 12.5 Å². The Morgan fingerprint density at radius 3 is 2.00 bits per heavy atom. The minimum Gasteiger partial charge on any atom is -0.468 e. The van der Waals surface area contributed by atoms with Gasteiger partial charge in [-0.2, -0.15) is 0 Å². The van der Waals surface area contributed by atoms with E-state index in [9.17, 15) is 4.79 Å². The monoisotopic (exact) mass is 260 g/mol. The average molecular weight is 260 g/mol. The van der Waals surface area contributed by atoms with E-state index in [4.69, 9.17) is 4.74 Å². The predicted octanol–water partition coefficient (Wildman–Crippen LogP) is 4.28. The molecule has 1 aromatic carbocycles. The lowest BCUT2D eigenvalue weighted by Crippen LogP contribution is -2.36. The number of benzene rings is 1. The summed E-state index contributed by atoms with van der Waals surface area (Å²) < 4.78 is 4.94. The number of hydrogen-bond donors (Lipinski definition) is 0. The van der Waals surface area contributed by atoms with E-state index >= 15 is 0 Å². The molecule has 2 nitrogen and oxygen atoms in total. The Balaban J connectivity index is 0.00000154. The molecule has 0 aliphatic rings. The van der Waals surface area contributed by atoms with Crippen molar-refractivity contribution < 1.29 is 9.53 Å². The third-order valence-corrected chi connectivity index (χ3v) is 2.89. The van der Waals surface area contributed by atoms with Crippen molar-refractivity contribution in [1.29, 1.82) is 0 Å². The molecule has 1 rings (SSSR count). The summed E-state index contributed by atoms with van der Waals surface area (Å²) in [6.07, 6.45) is 4.56. The zero-order valence-electron chi connectivity index (χ0n) is 12.2. The van der Waals surface area contributed by atoms with Crippen molar-refractivity contribution >= 4 is 5.97 Å². The van der Waals surface area contributed by atoms with E-state index in [1.54, 1.807) is 12.2 Å². The fourth-order valence-corrected chi connectivity index (χ4v) is 2.05. The van der Waals surface area contributed by atoms with E-state index in [0.29, 0.717) is 12.8 Å². The molecular weight excluding hydrogens is 236 g/mol. The molecule has 0 fully saturated rings. The van der Waals surface area contributed by atoms with Crippen LogP contribution in [0.3, 0.4) is 0 Å². The van der Waals surface area contributed by atoms with Gasteiger partial charge in [0.1, 0.15) is 0 Å². The normalized spacial score (nSPS) is 9.84. The molecule has 0 bridgehead atoms. The third-order valence-electron chi connectivity index (χ3n) is 2.89. The lowest BCUT2D eigenvalue weighted by atomic mass is 9.75. The van der Waals surface area contributed by atoms with Crippen LogP contribution in [0.5, 0.6) is 0 Å². The first kappa shape index (κ1) is 17.2. The molecule has 0 unspecified atom stereocenters. The van der Waals surface area contributed by atoms with E-state index in [1.165, 1.54) is 7.11 Å². The summed E-state index contributed by atoms with van der Waals surface area (Å²) in [6.45, 7) is 11.5. The number of hydrogen-bond acceptors (Lipinski definition) is 2. The third kappa shape index (κ3) is 4.09. The van der Waals surface area contributed by atoms with Crippen LogP contribution in [0.25, 0.3) is 0 Å². The second kappa shape index (κ2) is 9.15. The Morgan fingerprint density at radius 2 is 1.63 bits per heavy atom. The van der Waals surface area contributed by atoms with Gasteiger partial charge in [0.15, 0.2) is 0 Å².